The molecule has 1 atom stereocenters. The van der Waals surface area contributed by atoms with Gasteiger partial charge in [-0.2, -0.15) is 0 Å². The molecule has 28 heavy (non-hydrogen) atoms. The van der Waals surface area contributed by atoms with Crippen LogP contribution in [0.2, 0.25) is 0 Å². The van der Waals surface area contributed by atoms with Gasteiger partial charge in [-0.1, -0.05) is 36.4 Å². The summed E-state index contributed by atoms with van der Waals surface area (Å²) in [6.45, 7) is 3.85. The van der Waals surface area contributed by atoms with Crippen molar-refractivity contribution in [2.24, 2.45) is 0 Å². The van der Waals surface area contributed by atoms with Gasteiger partial charge in [0.1, 0.15) is 6.04 Å². The minimum atomic E-state index is -1.08. The first-order valence-corrected chi connectivity index (χ1v) is 8.99. The Labute approximate surface area is 164 Å². The van der Waals surface area contributed by atoms with Crippen molar-refractivity contribution < 1.29 is 24.2 Å². The summed E-state index contributed by atoms with van der Waals surface area (Å²) in [5.74, 6) is -0.385. The lowest BCUT2D eigenvalue weighted by molar-refractivity contribution is -0.141. The molecule has 1 unspecified atom stereocenters. The summed E-state index contributed by atoms with van der Waals surface area (Å²) in [4.78, 5) is 23.6. The molecule has 0 aliphatic carbocycles. The number of nitrogens with one attached hydrogen (secondary N) is 1. The zero-order valence-corrected chi connectivity index (χ0v) is 16.2. The van der Waals surface area contributed by atoms with Crippen LogP contribution in [-0.2, 0) is 16.0 Å². The molecule has 6 nitrogen and oxygen atoms in total. The van der Waals surface area contributed by atoms with Gasteiger partial charge in [0.15, 0.2) is 11.5 Å². The van der Waals surface area contributed by atoms with Gasteiger partial charge in [0.25, 0.3) is 0 Å². The lowest BCUT2D eigenvalue weighted by atomic mass is 10.1. The lowest BCUT2D eigenvalue weighted by Gasteiger charge is -2.14. The molecule has 0 bridgehead atoms. The molecule has 148 valence electrons. The number of amides is 1. The summed E-state index contributed by atoms with van der Waals surface area (Å²) in [7, 11) is 1.55. The topological polar surface area (TPSA) is 84.9 Å². The van der Waals surface area contributed by atoms with Crippen LogP contribution in [0.5, 0.6) is 11.5 Å². The van der Waals surface area contributed by atoms with Crippen molar-refractivity contribution in [1.29, 1.82) is 0 Å². The van der Waals surface area contributed by atoms with Gasteiger partial charge in [-0.25, -0.2) is 4.79 Å². The van der Waals surface area contributed by atoms with E-state index < -0.39 is 17.9 Å². The zero-order chi connectivity index (χ0) is 20.5. The van der Waals surface area contributed by atoms with Crippen LogP contribution in [0, 0.1) is 0 Å². The van der Waals surface area contributed by atoms with Crippen LogP contribution >= 0.6 is 0 Å². The van der Waals surface area contributed by atoms with Gasteiger partial charge in [0.05, 0.1) is 13.2 Å². The average molecular weight is 383 g/mol. The second kappa shape index (κ2) is 10.2. The van der Waals surface area contributed by atoms with Gasteiger partial charge in [-0.3, -0.25) is 4.79 Å². The number of carboxylic acids is 1. The number of carboxylic acid groups (broad SMARTS) is 1. The summed E-state index contributed by atoms with van der Waals surface area (Å²) in [5.41, 5.74) is 1.57. The van der Waals surface area contributed by atoms with Gasteiger partial charge in [0.2, 0.25) is 5.91 Å². The molecule has 0 heterocycles. The van der Waals surface area contributed by atoms with Gasteiger partial charge < -0.3 is 19.9 Å². The standard InChI is InChI=1S/C22H25NO5/c1-15(2)28-19-11-9-17(14-20(19)27-3)10-12-21(24)23-18(22(25)26)13-16-7-5-4-6-8-16/h4-12,14-15,18H,13H2,1-3H3,(H,23,24)(H,25,26)/b12-10+. The smallest absolute Gasteiger partial charge is 0.326 e. The van der Waals surface area contributed by atoms with Crippen molar-refractivity contribution in [2.45, 2.75) is 32.4 Å². The minimum Gasteiger partial charge on any atom is -0.493 e. The number of aliphatic carboxylic acids is 1. The largest absolute Gasteiger partial charge is 0.493 e. The van der Waals surface area contributed by atoms with Crippen LogP contribution in [0.25, 0.3) is 6.08 Å². The Morgan fingerprint density at radius 1 is 1.11 bits per heavy atom. The third kappa shape index (κ3) is 6.46. The Balaban J connectivity index is 2.04. The van der Waals surface area contributed by atoms with Gasteiger partial charge >= 0.3 is 5.97 Å². The van der Waals surface area contributed by atoms with Crippen LogP contribution in [0.4, 0.5) is 0 Å². The number of hydrogen-bond donors (Lipinski definition) is 2. The van der Waals surface area contributed by atoms with Crippen molar-refractivity contribution >= 4 is 18.0 Å². The molecule has 2 rings (SSSR count). The van der Waals surface area contributed by atoms with Crippen LogP contribution in [0.15, 0.2) is 54.6 Å². The predicted molar refractivity (Wildman–Crippen MR) is 108 cm³/mol. The van der Waals surface area contributed by atoms with E-state index in [-0.39, 0.29) is 12.5 Å². The summed E-state index contributed by atoms with van der Waals surface area (Å²) in [6, 6.07) is 13.5. The molecule has 0 spiro atoms. The molecular formula is C22H25NO5. The molecule has 6 heteroatoms. The molecule has 0 fully saturated rings. The van der Waals surface area contributed by atoms with E-state index in [1.54, 1.807) is 31.4 Å². The maximum Gasteiger partial charge on any atom is 0.326 e. The second-order valence-corrected chi connectivity index (χ2v) is 6.50. The van der Waals surface area contributed by atoms with E-state index in [9.17, 15) is 14.7 Å². The molecule has 2 aromatic rings. The van der Waals surface area contributed by atoms with E-state index >= 15 is 0 Å². The van der Waals surface area contributed by atoms with E-state index in [1.165, 1.54) is 6.08 Å². The van der Waals surface area contributed by atoms with Gasteiger partial charge in [0, 0.05) is 12.5 Å². The fourth-order valence-electron chi connectivity index (χ4n) is 2.58. The van der Waals surface area contributed by atoms with Crippen molar-refractivity contribution in [2.75, 3.05) is 7.11 Å². The third-order valence-corrected chi connectivity index (χ3v) is 3.87. The molecule has 1 amide bonds. The van der Waals surface area contributed by atoms with Crippen molar-refractivity contribution in [1.82, 2.24) is 5.32 Å². The van der Waals surface area contributed by atoms with Crippen molar-refractivity contribution in [3.63, 3.8) is 0 Å². The monoisotopic (exact) mass is 383 g/mol. The van der Waals surface area contributed by atoms with Crippen LogP contribution in [0.1, 0.15) is 25.0 Å². The molecular weight excluding hydrogens is 358 g/mol. The first-order valence-electron chi connectivity index (χ1n) is 8.99. The summed E-state index contributed by atoms with van der Waals surface area (Å²) in [6.07, 6.45) is 3.13. The molecule has 0 aliphatic rings. The van der Waals surface area contributed by atoms with E-state index in [0.29, 0.717) is 11.5 Å². The molecule has 0 aromatic heterocycles. The van der Waals surface area contributed by atoms with E-state index in [0.717, 1.165) is 11.1 Å². The normalized spacial score (nSPS) is 12.0. The molecule has 2 aromatic carbocycles. The Hall–Kier alpha value is -3.28. The minimum absolute atomic E-state index is 0.0126. The highest BCUT2D eigenvalue weighted by molar-refractivity contribution is 5.94. The molecule has 0 aliphatic heterocycles. The fourth-order valence-corrected chi connectivity index (χ4v) is 2.58. The maximum atomic E-state index is 12.2. The molecule has 0 saturated carbocycles. The first-order chi connectivity index (χ1) is 13.4. The van der Waals surface area contributed by atoms with E-state index in [2.05, 4.69) is 5.32 Å². The van der Waals surface area contributed by atoms with Crippen LogP contribution in [0.3, 0.4) is 0 Å². The predicted octanol–water partition coefficient (Wildman–Crippen LogP) is 3.31. The average Bonchev–Trinajstić information content (AvgIpc) is 2.67. The van der Waals surface area contributed by atoms with Gasteiger partial charge in [-0.15, -0.1) is 0 Å². The Kier molecular flexibility index (Phi) is 7.63. The molecule has 2 N–H and O–H groups in total. The third-order valence-electron chi connectivity index (χ3n) is 3.87. The highest BCUT2D eigenvalue weighted by Gasteiger charge is 2.19. The van der Waals surface area contributed by atoms with Gasteiger partial charge in [-0.05, 0) is 43.2 Å². The first kappa shape index (κ1) is 21.0. The summed E-state index contributed by atoms with van der Waals surface area (Å²) >= 11 is 0. The number of hydrogen-bond acceptors (Lipinski definition) is 4. The molecule has 0 radical (unpaired) electrons. The lowest BCUT2D eigenvalue weighted by Crippen LogP contribution is -2.41. The van der Waals surface area contributed by atoms with Crippen LogP contribution in [-0.4, -0.2) is 36.2 Å². The number of benzene rings is 2. The second-order valence-electron chi connectivity index (χ2n) is 6.50. The quantitative estimate of drug-likeness (QED) is 0.649. The SMILES string of the molecule is COc1cc(/C=C/C(=O)NC(Cc2ccccc2)C(=O)O)ccc1OC(C)C. The Morgan fingerprint density at radius 2 is 1.82 bits per heavy atom. The number of ether oxygens (including phenoxy) is 2. The highest BCUT2D eigenvalue weighted by Crippen LogP contribution is 2.29. The van der Waals surface area contributed by atoms with Crippen molar-refractivity contribution in [3.8, 4) is 11.5 Å². The Bertz CT molecular complexity index is 830. The number of carbonyl (C=O) groups is 2. The van der Waals surface area contributed by atoms with E-state index in [1.807, 2.05) is 44.2 Å². The zero-order valence-electron chi connectivity index (χ0n) is 16.2. The number of methoxy groups -OCH3 is 1. The maximum absolute atomic E-state index is 12.2. The Morgan fingerprint density at radius 3 is 2.43 bits per heavy atom. The fraction of sp³-hybridized carbons (Fsp3) is 0.273. The summed E-state index contributed by atoms with van der Waals surface area (Å²) < 4.78 is 11.0. The van der Waals surface area contributed by atoms with Crippen LogP contribution < -0.4 is 14.8 Å². The molecule has 0 saturated heterocycles. The summed E-state index contributed by atoms with van der Waals surface area (Å²) in [5, 5.41) is 11.9. The highest BCUT2D eigenvalue weighted by atomic mass is 16.5. The number of carbonyl (C=O) groups excluding carboxylic acids is 1. The van der Waals surface area contributed by atoms with E-state index in [4.69, 9.17) is 9.47 Å². The number of rotatable bonds is 9. The van der Waals surface area contributed by atoms with Crippen molar-refractivity contribution in [3.05, 3.63) is 65.7 Å².